The number of fused-ring (bicyclic) bond motifs is 1. The normalized spacial score (nSPS) is 16.6. The van der Waals surface area contributed by atoms with E-state index in [-0.39, 0.29) is 5.82 Å². The molecule has 1 aliphatic heterocycles. The summed E-state index contributed by atoms with van der Waals surface area (Å²) in [5.74, 6) is 0.384. The molecule has 1 nitrogen and oxygen atoms in total. The van der Waals surface area contributed by atoms with Crippen LogP contribution in [0.4, 0.5) is 4.39 Å². The van der Waals surface area contributed by atoms with E-state index in [9.17, 15) is 4.39 Å². The average molecular weight is 235 g/mol. The molecular formula is C15H22FN. The Bertz CT molecular complexity index is 410. The van der Waals surface area contributed by atoms with E-state index >= 15 is 0 Å². The molecule has 0 atom stereocenters. The van der Waals surface area contributed by atoms with Gasteiger partial charge in [-0.1, -0.05) is 19.9 Å². The SMILES string of the molecule is CC(C)c1cc(F)c2c(c1)CCN(C(C)C)C2. The fourth-order valence-electron chi connectivity index (χ4n) is 2.44. The lowest BCUT2D eigenvalue weighted by atomic mass is 9.92. The summed E-state index contributed by atoms with van der Waals surface area (Å²) in [5.41, 5.74) is 3.25. The first kappa shape index (κ1) is 12.6. The molecule has 0 fully saturated rings. The van der Waals surface area contributed by atoms with E-state index in [0.29, 0.717) is 12.0 Å². The largest absolute Gasteiger partial charge is 0.296 e. The van der Waals surface area contributed by atoms with Gasteiger partial charge < -0.3 is 0 Å². The van der Waals surface area contributed by atoms with Gasteiger partial charge in [-0.2, -0.15) is 0 Å². The van der Waals surface area contributed by atoms with Gasteiger partial charge in [0.25, 0.3) is 0 Å². The van der Waals surface area contributed by atoms with Gasteiger partial charge in [-0.3, -0.25) is 4.90 Å². The highest BCUT2D eigenvalue weighted by atomic mass is 19.1. The molecule has 0 N–H and O–H groups in total. The minimum Gasteiger partial charge on any atom is -0.296 e. The van der Waals surface area contributed by atoms with E-state index in [1.807, 2.05) is 0 Å². The Labute approximate surface area is 104 Å². The topological polar surface area (TPSA) is 3.24 Å². The molecule has 0 saturated heterocycles. The van der Waals surface area contributed by atoms with E-state index in [0.717, 1.165) is 30.6 Å². The predicted octanol–water partition coefficient (Wildman–Crippen LogP) is 3.72. The molecule has 0 aromatic heterocycles. The summed E-state index contributed by atoms with van der Waals surface area (Å²) in [7, 11) is 0. The van der Waals surface area contributed by atoms with Gasteiger partial charge in [-0.15, -0.1) is 0 Å². The Morgan fingerprint density at radius 2 is 1.88 bits per heavy atom. The van der Waals surface area contributed by atoms with Gasteiger partial charge in [0, 0.05) is 24.7 Å². The molecule has 1 aliphatic rings. The van der Waals surface area contributed by atoms with Crippen molar-refractivity contribution in [1.82, 2.24) is 4.90 Å². The molecule has 1 heterocycles. The van der Waals surface area contributed by atoms with Crippen molar-refractivity contribution >= 4 is 0 Å². The highest BCUT2D eigenvalue weighted by Crippen LogP contribution is 2.27. The smallest absolute Gasteiger partial charge is 0.128 e. The molecule has 0 radical (unpaired) electrons. The van der Waals surface area contributed by atoms with Crippen LogP contribution in [0.1, 0.15) is 50.3 Å². The van der Waals surface area contributed by atoms with Crippen molar-refractivity contribution in [2.24, 2.45) is 0 Å². The van der Waals surface area contributed by atoms with Crippen LogP contribution in [0.2, 0.25) is 0 Å². The van der Waals surface area contributed by atoms with Crippen molar-refractivity contribution in [2.45, 2.75) is 52.6 Å². The summed E-state index contributed by atoms with van der Waals surface area (Å²) in [6.45, 7) is 10.4. The Kier molecular flexibility index (Phi) is 3.53. The molecule has 1 aromatic carbocycles. The molecule has 0 aliphatic carbocycles. The molecule has 2 heteroatoms. The maximum atomic E-state index is 14.1. The van der Waals surface area contributed by atoms with Gasteiger partial charge in [0.15, 0.2) is 0 Å². The zero-order valence-corrected chi connectivity index (χ0v) is 11.3. The van der Waals surface area contributed by atoms with Crippen LogP contribution in [0.15, 0.2) is 12.1 Å². The number of rotatable bonds is 2. The number of halogens is 1. The molecule has 94 valence electrons. The highest BCUT2D eigenvalue weighted by molar-refractivity contribution is 5.36. The van der Waals surface area contributed by atoms with Crippen LogP contribution in [0.5, 0.6) is 0 Å². The number of hydrogen-bond donors (Lipinski definition) is 0. The third-order valence-electron chi connectivity index (χ3n) is 3.74. The monoisotopic (exact) mass is 235 g/mol. The molecule has 0 unspecified atom stereocenters. The maximum Gasteiger partial charge on any atom is 0.128 e. The van der Waals surface area contributed by atoms with E-state index < -0.39 is 0 Å². The number of hydrogen-bond acceptors (Lipinski definition) is 1. The van der Waals surface area contributed by atoms with Crippen molar-refractivity contribution in [2.75, 3.05) is 6.54 Å². The van der Waals surface area contributed by atoms with E-state index in [2.05, 4.69) is 38.7 Å². The van der Waals surface area contributed by atoms with E-state index in [1.54, 1.807) is 6.07 Å². The molecule has 0 saturated carbocycles. The van der Waals surface area contributed by atoms with Crippen molar-refractivity contribution in [3.05, 3.63) is 34.6 Å². The van der Waals surface area contributed by atoms with Gasteiger partial charge >= 0.3 is 0 Å². The van der Waals surface area contributed by atoms with Gasteiger partial charge in [-0.05, 0) is 43.4 Å². The summed E-state index contributed by atoms with van der Waals surface area (Å²) in [5, 5.41) is 0. The molecule has 0 spiro atoms. The first-order valence-electron chi connectivity index (χ1n) is 6.54. The lowest BCUT2D eigenvalue weighted by Crippen LogP contribution is -2.36. The second-order valence-electron chi connectivity index (χ2n) is 5.61. The second kappa shape index (κ2) is 4.77. The fraction of sp³-hybridized carbons (Fsp3) is 0.600. The van der Waals surface area contributed by atoms with Crippen molar-refractivity contribution in [3.63, 3.8) is 0 Å². The number of nitrogens with zero attached hydrogens (tertiary/aromatic N) is 1. The van der Waals surface area contributed by atoms with Crippen LogP contribution in [0, 0.1) is 5.82 Å². The lowest BCUT2D eigenvalue weighted by molar-refractivity contribution is 0.200. The highest BCUT2D eigenvalue weighted by Gasteiger charge is 2.22. The van der Waals surface area contributed by atoms with Crippen molar-refractivity contribution < 1.29 is 4.39 Å². The fourth-order valence-corrected chi connectivity index (χ4v) is 2.44. The van der Waals surface area contributed by atoms with Gasteiger partial charge in [-0.25, -0.2) is 4.39 Å². The Morgan fingerprint density at radius 1 is 1.18 bits per heavy atom. The minimum absolute atomic E-state index is 0.0171. The van der Waals surface area contributed by atoms with Crippen LogP contribution in [0.25, 0.3) is 0 Å². The Balaban J connectivity index is 2.34. The zero-order valence-electron chi connectivity index (χ0n) is 11.3. The molecule has 0 amide bonds. The predicted molar refractivity (Wildman–Crippen MR) is 69.7 cm³/mol. The van der Waals surface area contributed by atoms with Crippen LogP contribution in [-0.4, -0.2) is 17.5 Å². The standard InChI is InChI=1S/C15H22FN/c1-10(2)13-7-12-5-6-17(11(3)4)9-14(12)15(16)8-13/h7-8,10-11H,5-6,9H2,1-4H3. The van der Waals surface area contributed by atoms with Gasteiger partial charge in [0.05, 0.1) is 0 Å². The third kappa shape index (κ3) is 2.52. The number of benzene rings is 1. The lowest BCUT2D eigenvalue weighted by Gasteiger charge is -2.32. The van der Waals surface area contributed by atoms with Crippen LogP contribution in [-0.2, 0) is 13.0 Å². The van der Waals surface area contributed by atoms with Crippen molar-refractivity contribution in [3.8, 4) is 0 Å². The Hall–Kier alpha value is -0.890. The average Bonchev–Trinajstić information content (AvgIpc) is 2.28. The van der Waals surface area contributed by atoms with Gasteiger partial charge in [0.2, 0.25) is 0 Å². The van der Waals surface area contributed by atoms with Crippen LogP contribution >= 0.6 is 0 Å². The third-order valence-corrected chi connectivity index (χ3v) is 3.74. The molecule has 17 heavy (non-hydrogen) atoms. The maximum absolute atomic E-state index is 14.1. The zero-order chi connectivity index (χ0) is 12.6. The van der Waals surface area contributed by atoms with Crippen LogP contribution < -0.4 is 0 Å². The molecule has 0 bridgehead atoms. The minimum atomic E-state index is -0.0171. The summed E-state index contributed by atoms with van der Waals surface area (Å²) < 4.78 is 14.1. The van der Waals surface area contributed by atoms with E-state index in [1.165, 1.54) is 5.56 Å². The second-order valence-corrected chi connectivity index (χ2v) is 5.61. The quantitative estimate of drug-likeness (QED) is 0.755. The summed E-state index contributed by atoms with van der Waals surface area (Å²) in [6.07, 6.45) is 0.977. The van der Waals surface area contributed by atoms with E-state index in [4.69, 9.17) is 0 Å². The van der Waals surface area contributed by atoms with Gasteiger partial charge in [0.1, 0.15) is 5.82 Å². The van der Waals surface area contributed by atoms with Crippen molar-refractivity contribution in [1.29, 1.82) is 0 Å². The first-order valence-corrected chi connectivity index (χ1v) is 6.54. The molecule has 2 rings (SSSR count). The summed E-state index contributed by atoms with van der Waals surface area (Å²) in [4.78, 5) is 2.33. The summed E-state index contributed by atoms with van der Waals surface area (Å²) in [6, 6.07) is 4.40. The van der Waals surface area contributed by atoms with Crippen LogP contribution in [0.3, 0.4) is 0 Å². The molecule has 1 aromatic rings. The first-order chi connectivity index (χ1) is 7.99. The Morgan fingerprint density at radius 3 is 2.47 bits per heavy atom. The summed E-state index contributed by atoms with van der Waals surface area (Å²) >= 11 is 0. The molecular weight excluding hydrogens is 213 g/mol.